The fourth-order valence-electron chi connectivity index (χ4n) is 3.32. The minimum Gasteiger partial charge on any atom is -0.344 e. The van der Waals surface area contributed by atoms with Crippen LogP contribution in [-0.2, 0) is 4.79 Å². The van der Waals surface area contributed by atoms with Crippen LogP contribution in [0.4, 0.5) is 0 Å². The molecule has 1 amide bonds. The molecule has 0 aliphatic carbocycles. The van der Waals surface area contributed by atoms with E-state index in [2.05, 4.69) is 24.2 Å². The molecule has 2 fully saturated rings. The molecule has 1 N–H and O–H groups in total. The Morgan fingerprint density at radius 3 is 2.58 bits per heavy atom. The van der Waals surface area contributed by atoms with E-state index in [1.807, 2.05) is 11.9 Å². The average Bonchev–Trinajstić information content (AvgIpc) is 2.40. The van der Waals surface area contributed by atoms with E-state index in [1.54, 1.807) is 0 Å². The lowest BCUT2D eigenvalue weighted by Crippen LogP contribution is -2.51. The molecule has 0 saturated carbocycles. The standard InChI is InChI=1S/C15H29N3O/c1-12-5-4-6-14(16-12)15(19)18(3)11-13-7-9-17(2)10-8-13/h12-14,16H,4-11H2,1-3H3. The zero-order chi connectivity index (χ0) is 13.8. The van der Waals surface area contributed by atoms with Gasteiger partial charge in [-0.15, -0.1) is 0 Å². The zero-order valence-electron chi connectivity index (χ0n) is 12.7. The molecule has 2 aliphatic heterocycles. The molecule has 2 heterocycles. The van der Waals surface area contributed by atoms with Crippen molar-refractivity contribution < 1.29 is 4.79 Å². The number of piperidine rings is 2. The topological polar surface area (TPSA) is 35.6 Å². The molecule has 0 aromatic carbocycles. The van der Waals surface area contributed by atoms with Gasteiger partial charge in [-0.2, -0.15) is 0 Å². The van der Waals surface area contributed by atoms with E-state index in [0.717, 1.165) is 13.0 Å². The van der Waals surface area contributed by atoms with Crippen molar-refractivity contribution >= 4 is 5.91 Å². The van der Waals surface area contributed by atoms with E-state index < -0.39 is 0 Å². The van der Waals surface area contributed by atoms with Crippen LogP contribution in [0.1, 0.15) is 39.0 Å². The molecule has 4 nitrogen and oxygen atoms in total. The van der Waals surface area contributed by atoms with E-state index in [0.29, 0.717) is 17.9 Å². The highest BCUT2D eigenvalue weighted by molar-refractivity contribution is 5.81. The van der Waals surface area contributed by atoms with Crippen LogP contribution in [-0.4, -0.2) is 61.5 Å². The number of likely N-dealkylation sites (tertiary alicyclic amines) is 1. The third kappa shape index (κ3) is 4.18. The Bertz CT molecular complexity index is 300. The van der Waals surface area contributed by atoms with Gasteiger partial charge in [0, 0.05) is 19.6 Å². The normalized spacial score (nSPS) is 30.3. The Morgan fingerprint density at radius 1 is 1.26 bits per heavy atom. The smallest absolute Gasteiger partial charge is 0.239 e. The van der Waals surface area contributed by atoms with Gasteiger partial charge in [0.2, 0.25) is 5.91 Å². The number of carbonyl (C=O) groups is 1. The lowest BCUT2D eigenvalue weighted by atomic mass is 9.95. The van der Waals surface area contributed by atoms with Crippen LogP contribution in [0.25, 0.3) is 0 Å². The Balaban J connectivity index is 1.78. The number of nitrogens with zero attached hydrogens (tertiary/aromatic N) is 2. The summed E-state index contributed by atoms with van der Waals surface area (Å²) in [6.45, 7) is 5.45. The summed E-state index contributed by atoms with van der Waals surface area (Å²) in [6, 6.07) is 0.541. The first-order valence-electron chi connectivity index (χ1n) is 7.76. The first-order valence-corrected chi connectivity index (χ1v) is 7.76. The molecule has 2 rings (SSSR count). The van der Waals surface area contributed by atoms with Crippen molar-refractivity contribution in [3.63, 3.8) is 0 Å². The number of hydrogen-bond acceptors (Lipinski definition) is 3. The summed E-state index contributed by atoms with van der Waals surface area (Å²) < 4.78 is 0. The Kier molecular flexibility index (Phi) is 5.22. The van der Waals surface area contributed by atoms with Crippen LogP contribution in [0.5, 0.6) is 0 Å². The fraction of sp³-hybridized carbons (Fsp3) is 0.933. The molecular weight excluding hydrogens is 238 g/mol. The molecule has 0 radical (unpaired) electrons. The summed E-state index contributed by atoms with van der Waals surface area (Å²) in [5, 5.41) is 3.44. The van der Waals surface area contributed by atoms with Crippen LogP contribution in [0, 0.1) is 5.92 Å². The Hall–Kier alpha value is -0.610. The second kappa shape index (κ2) is 6.71. The highest BCUT2D eigenvalue weighted by Crippen LogP contribution is 2.19. The van der Waals surface area contributed by atoms with Crippen molar-refractivity contribution in [2.45, 2.75) is 51.1 Å². The van der Waals surface area contributed by atoms with Gasteiger partial charge in [-0.25, -0.2) is 0 Å². The second-order valence-electron chi connectivity index (χ2n) is 6.52. The van der Waals surface area contributed by atoms with Crippen molar-refractivity contribution in [1.82, 2.24) is 15.1 Å². The van der Waals surface area contributed by atoms with Gasteiger partial charge in [0.25, 0.3) is 0 Å². The maximum absolute atomic E-state index is 12.4. The number of likely N-dealkylation sites (N-methyl/N-ethyl adjacent to an activating group) is 1. The van der Waals surface area contributed by atoms with Gasteiger partial charge in [-0.1, -0.05) is 0 Å². The third-order valence-corrected chi connectivity index (χ3v) is 4.66. The summed E-state index contributed by atoms with van der Waals surface area (Å²) >= 11 is 0. The van der Waals surface area contributed by atoms with Crippen molar-refractivity contribution in [1.29, 1.82) is 0 Å². The Morgan fingerprint density at radius 2 is 1.95 bits per heavy atom. The highest BCUT2D eigenvalue weighted by Gasteiger charge is 2.28. The maximum Gasteiger partial charge on any atom is 0.239 e. The number of nitrogens with one attached hydrogen (secondary N) is 1. The van der Waals surface area contributed by atoms with E-state index in [1.165, 1.54) is 38.8 Å². The zero-order valence-corrected chi connectivity index (χ0v) is 12.7. The molecule has 0 spiro atoms. The van der Waals surface area contributed by atoms with Gasteiger partial charge >= 0.3 is 0 Å². The summed E-state index contributed by atoms with van der Waals surface area (Å²) in [5.41, 5.74) is 0. The molecule has 110 valence electrons. The average molecular weight is 267 g/mol. The molecule has 0 aromatic rings. The predicted molar refractivity (Wildman–Crippen MR) is 78.1 cm³/mol. The quantitative estimate of drug-likeness (QED) is 0.837. The third-order valence-electron chi connectivity index (χ3n) is 4.66. The molecular formula is C15H29N3O. The van der Waals surface area contributed by atoms with E-state index >= 15 is 0 Å². The van der Waals surface area contributed by atoms with Crippen LogP contribution in [0.3, 0.4) is 0 Å². The SMILES string of the molecule is CC1CCCC(C(=O)N(C)CC2CCN(C)CC2)N1. The number of rotatable bonds is 3. The number of amides is 1. The number of carbonyl (C=O) groups excluding carboxylic acids is 1. The van der Waals surface area contributed by atoms with Gasteiger partial charge in [-0.3, -0.25) is 4.79 Å². The summed E-state index contributed by atoms with van der Waals surface area (Å²) in [5.74, 6) is 0.983. The van der Waals surface area contributed by atoms with Crippen LogP contribution < -0.4 is 5.32 Å². The minimum atomic E-state index is 0.0556. The molecule has 4 heteroatoms. The van der Waals surface area contributed by atoms with E-state index in [-0.39, 0.29) is 6.04 Å². The van der Waals surface area contributed by atoms with E-state index in [9.17, 15) is 4.79 Å². The monoisotopic (exact) mass is 267 g/mol. The molecule has 19 heavy (non-hydrogen) atoms. The molecule has 2 aliphatic rings. The van der Waals surface area contributed by atoms with Crippen molar-refractivity contribution in [3.05, 3.63) is 0 Å². The number of hydrogen-bond donors (Lipinski definition) is 1. The van der Waals surface area contributed by atoms with E-state index in [4.69, 9.17) is 0 Å². The molecule has 2 saturated heterocycles. The van der Waals surface area contributed by atoms with Gasteiger partial charge in [0.05, 0.1) is 6.04 Å². The maximum atomic E-state index is 12.4. The first kappa shape index (κ1) is 14.8. The summed E-state index contributed by atoms with van der Waals surface area (Å²) in [6.07, 6.45) is 5.82. The van der Waals surface area contributed by atoms with Crippen molar-refractivity contribution in [2.24, 2.45) is 5.92 Å². The van der Waals surface area contributed by atoms with Crippen LogP contribution in [0.15, 0.2) is 0 Å². The minimum absolute atomic E-state index is 0.0556. The molecule has 2 atom stereocenters. The van der Waals surface area contributed by atoms with Gasteiger partial charge in [0.1, 0.15) is 0 Å². The second-order valence-corrected chi connectivity index (χ2v) is 6.52. The lowest BCUT2D eigenvalue weighted by molar-refractivity contribution is -0.133. The van der Waals surface area contributed by atoms with Crippen LogP contribution in [0.2, 0.25) is 0 Å². The van der Waals surface area contributed by atoms with Crippen molar-refractivity contribution in [2.75, 3.05) is 33.7 Å². The van der Waals surface area contributed by atoms with Gasteiger partial charge in [-0.05, 0) is 65.1 Å². The van der Waals surface area contributed by atoms with Gasteiger partial charge < -0.3 is 15.1 Å². The lowest BCUT2D eigenvalue weighted by Gasteiger charge is -2.35. The van der Waals surface area contributed by atoms with Crippen molar-refractivity contribution in [3.8, 4) is 0 Å². The van der Waals surface area contributed by atoms with Crippen LogP contribution >= 0.6 is 0 Å². The molecule has 0 bridgehead atoms. The highest BCUT2D eigenvalue weighted by atomic mass is 16.2. The van der Waals surface area contributed by atoms with Gasteiger partial charge in [0.15, 0.2) is 0 Å². The Labute approximate surface area is 117 Å². The summed E-state index contributed by atoms with van der Waals surface area (Å²) in [4.78, 5) is 16.8. The fourth-order valence-corrected chi connectivity index (χ4v) is 3.32. The summed E-state index contributed by atoms with van der Waals surface area (Å²) in [7, 11) is 4.15. The first-order chi connectivity index (χ1) is 9.06. The molecule has 0 aromatic heterocycles. The predicted octanol–water partition coefficient (Wildman–Crippen LogP) is 1.32. The largest absolute Gasteiger partial charge is 0.344 e. The molecule has 2 unspecified atom stereocenters.